The molecule has 1 aromatic heterocycles. The smallest absolute Gasteiger partial charge is 0.305 e. The van der Waals surface area contributed by atoms with Crippen LogP contribution in [0.5, 0.6) is 0 Å². The maximum atomic E-state index is 14.7. The second-order valence-corrected chi connectivity index (χ2v) is 22.9. The number of carboxylic acid groups (broad SMARTS) is 1. The predicted octanol–water partition coefficient (Wildman–Crippen LogP) is -6.13. The van der Waals surface area contributed by atoms with E-state index in [1.54, 1.807) is 34.0 Å². The van der Waals surface area contributed by atoms with Gasteiger partial charge in [0.15, 0.2) is 0 Å². The van der Waals surface area contributed by atoms with Gasteiger partial charge in [-0.25, -0.2) is 4.98 Å². The number of carbonyl (C=O) groups excluding carboxylic acids is 14. The van der Waals surface area contributed by atoms with Crippen LogP contribution in [0.4, 0.5) is 0 Å². The molecule has 0 spiro atoms. The van der Waals surface area contributed by atoms with Crippen molar-refractivity contribution < 1.29 is 77.0 Å². The minimum Gasteiger partial charge on any atom is -0.481 e. The zero-order valence-corrected chi connectivity index (χ0v) is 52.6. The van der Waals surface area contributed by atoms with E-state index >= 15 is 0 Å². The molecule has 0 aromatic carbocycles. The Morgan fingerprint density at radius 1 is 0.644 bits per heavy atom. The van der Waals surface area contributed by atoms with Crippen molar-refractivity contribution in [1.82, 2.24) is 68.0 Å². The molecule has 504 valence electrons. The fraction of sp³-hybridized carbons (Fsp3) is 0.673. The van der Waals surface area contributed by atoms with Crippen molar-refractivity contribution in [3.8, 4) is 0 Å². The molecule has 1 fully saturated rings. The summed E-state index contributed by atoms with van der Waals surface area (Å²) in [5.41, 5.74) is 28.1. The van der Waals surface area contributed by atoms with E-state index in [2.05, 4.69) is 63.1 Å². The SMILES string of the molecule is CC[C@H](C)[C@H](NC(=O)[C@H](CN)NC(=O)[C@H](CCC(N)=O)NC(=O)CNC(=O)[C@H](CCC(N)=O)NC(=O)[C@H](Cc1cnc[nH]1)NC(=O)[C@@H]1CCCN1C(=O)[C@H](CCCCN)NC(=O)[C@@H](NC(=O)[C@H](CC(=O)O)NC(=O)[C@H](CCSC)NC(C)=O)[C@@H](C)CC)C(N)=O. The first-order valence-corrected chi connectivity index (χ1v) is 31.1. The molecule has 35 heteroatoms. The van der Waals surface area contributed by atoms with Gasteiger partial charge in [-0.1, -0.05) is 40.5 Å². The highest BCUT2D eigenvalue weighted by Gasteiger charge is 2.41. The lowest BCUT2D eigenvalue weighted by Crippen LogP contribution is -2.61. The van der Waals surface area contributed by atoms with Gasteiger partial charge in [0.2, 0.25) is 82.7 Å². The molecule has 1 aliphatic heterocycles. The third-order valence-electron chi connectivity index (χ3n) is 14.9. The first kappa shape index (κ1) is 77.6. The number of nitrogens with two attached hydrogens (primary N) is 5. The van der Waals surface area contributed by atoms with Crippen LogP contribution in [0.2, 0.25) is 0 Å². The standard InChI is InChI=1S/C55H92N18O16S/c1-7-28(3)44(46(60)80)71-52(86)38(24-57)70-48(82)33(15-17-41(59)76)65-42(77)26-62-47(81)32(14-16-40(58)75)66-50(84)36(22-31-25-61-27-63-31)69-53(87)39-13-11-20-73(39)55(89)35(12-9-10-19-56)67-54(88)45(29(4)8-2)72-51(85)37(23-43(78)79)68-49(83)34(18-21-90-6)64-30(5)74/h25,27-29,32-39,44-45H,7-24,26,56-57H2,1-6H3,(H2,58,75)(H2,59,76)(H2,60,80)(H,61,63)(H,62,81)(H,64,74)(H,65,77)(H,66,84)(H,67,88)(H,68,83)(H,69,87)(H,70,82)(H,71,86)(H,72,85)(H,78,79)/t28-,29-,32-,33-,34-,35-,36-,37-,38-,39-,44-,45-/m0/s1. The Morgan fingerprint density at radius 2 is 1.18 bits per heavy atom. The van der Waals surface area contributed by atoms with Gasteiger partial charge in [-0.15, -0.1) is 0 Å². The third kappa shape index (κ3) is 27.1. The molecule has 1 aliphatic rings. The molecule has 14 amide bonds. The molecule has 0 bridgehead atoms. The fourth-order valence-electron chi connectivity index (χ4n) is 9.38. The zero-order chi connectivity index (χ0) is 67.8. The minimum atomic E-state index is -1.70. The van der Waals surface area contributed by atoms with Gasteiger partial charge in [0.25, 0.3) is 0 Å². The maximum absolute atomic E-state index is 14.7. The van der Waals surface area contributed by atoms with Crippen molar-refractivity contribution in [3.05, 3.63) is 18.2 Å². The van der Waals surface area contributed by atoms with Gasteiger partial charge in [-0.2, -0.15) is 11.8 Å². The molecule has 0 unspecified atom stereocenters. The number of hydrogen-bond acceptors (Lipinski definition) is 19. The second-order valence-electron chi connectivity index (χ2n) is 21.9. The van der Waals surface area contributed by atoms with Crippen LogP contribution in [0.15, 0.2) is 12.5 Å². The lowest BCUT2D eigenvalue weighted by atomic mass is 9.96. The summed E-state index contributed by atoms with van der Waals surface area (Å²) in [5.74, 6) is -14.3. The number of primary amides is 3. The number of hydrogen-bond donors (Lipinski definition) is 17. The Balaban J connectivity index is 2.40. The van der Waals surface area contributed by atoms with Gasteiger partial charge < -0.3 is 96.8 Å². The lowest BCUT2D eigenvalue weighted by molar-refractivity contribution is -0.143. The van der Waals surface area contributed by atoms with E-state index in [4.69, 9.17) is 28.7 Å². The number of aliphatic carboxylic acids is 1. The number of likely N-dealkylation sites (tertiary alicyclic amines) is 1. The fourth-order valence-corrected chi connectivity index (χ4v) is 9.85. The topological polar surface area (TPSA) is 559 Å². The zero-order valence-electron chi connectivity index (χ0n) is 51.8. The Bertz CT molecular complexity index is 2650. The van der Waals surface area contributed by atoms with E-state index in [0.717, 1.165) is 0 Å². The Morgan fingerprint density at radius 3 is 1.71 bits per heavy atom. The molecule has 1 saturated heterocycles. The van der Waals surface area contributed by atoms with E-state index in [-0.39, 0.29) is 51.6 Å². The van der Waals surface area contributed by atoms with E-state index in [1.807, 2.05) is 0 Å². The normalized spacial score (nSPS) is 16.4. The second kappa shape index (κ2) is 40.2. The molecule has 0 aliphatic carbocycles. The van der Waals surface area contributed by atoms with Crippen molar-refractivity contribution in [2.75, 3.05) is 38.2 Å². The molecular weight excluding hydrogens is 1200 g/mol. The predicted molar refractivity (Wildman–Crippen MR) is 325 cm³/mol. The van der Waals surface area contributed by atoms with E-state index in [9.17, 15) is 77.0 Å². The number of unbranched alkanes of at least 4 members (excludes halogenated alkanes) is 1. The summed E-state index contributed by atoms with van der Waals surface area (Å²) < 4.78 is 0. The summed E-state index contributed by atoms with van der Waals surface area (Å²) >= 11 is 1.39. The lowest BCUT2D eigenvalue weighted by Gasteiger charge is -2.32. The van der Waals surface area contributed by atoms with Gasteiger partial charge >= 0.3 is 5.97 Å². The summed E-state index contributed by atoms with van der Waals surface area (Å²) in [4.78, 5) is 207. The summed E-state index contributed by atoms with van der Waals surface area (Å²) in [6.07, 6.45) is 3.54. The monoisotopic (exact) mass is 1290 g/mol. The number of H-pyrrole nitrogens is 1. The van der Waals surface area contributed by atoms with Crippen LogP contribution in [0.3, 0.4) is 0 Å². The number of carbonyl (C=O) groups is 15. The number of nitrogens with one attached hydrogen (secondary N) is 11. The number of amides is 14. The van der Waals surface area contributed by atoms with Crippen LogP contribution >= 0.6 is 11.8 Å². The quantitative estimate of drug-likeness (QED) is 0.0271. The summed E-state index contributed by atoms with van der Waals surface area (Å²) in [5, 5.41) is 34.5. The van der Waals surface area contributed by atoms with Crippen molar-refractivity contribution in [2.45, 2.75) is 185 Å². The highest BCUT2D eigenvalue weighted by Crippen LogP contribution is 2.22. The summed E-state index contributed by atoms with van der Waals surface area (Å²) in [6, 6.07) is -14.0. The molecule has 34 nitrogen and oxygen atoms in total. The Kier molecular flexibility index (Phi) is 34.7. The molecule has 12 atom stereocenters. The molecular formula is C55H92N18O16S. The van der Waals surface area contributed by atoms with Crippen LogP contribution in [-0.4, -0.2) is 207 Å². The van der Waals surface area contributed by atoms with Crippen molar-refractivity contribution >= 4 is 100 Å². The Hall–Kier alpha value is -8.47. The average Bonchev–Trinajstić information content (AvgIpc) is 2.30. The third-order valence-corrected chi connectivity index (χ3v) is 15.5. The largest absolute Gasteiger partial charge is 0.481 e. The average molecular weight is 1290 g/mol. The molecule has 1 aromatic rings. The number of carboxylic acids is 1. The van der Waals surface area contributed by atoms with Crippen LogP contribution < -0.4 is 81.8 Å². The van der Waals surface area contributed by atoms with Crippen LogP contribution in [0, 0.1) is 11.8 Å². The summed E-state index contributed by atoms with van der Waals surface area (Å²) in [6.45, 7) is 6.85. The molecule has 2 heterocycles. The molecule has 22 N–H and O–H groups in total. The number of aromatic nitrogens is 2. The van der Waals surface area contributed by atoms with Crippen molar-refractivity contribution in [3.63, 3.8) is 0 Å². The van der Waals surface area contributed by atoms with E-state index in [1.165, 1.54) is 36.1 Å². The highest BCUT2D eigenvalue weighted by atomic mass is 32.2. The Labute approximate surface area is 525 Å². The maximum Gasteiger partial charge on any atom is 0.305 e. The van der Waals surface area contributed by atoms with Crippen LogP contribution in [-0.2, 0) is 78.3 Å². The number of imidazole rings is 1. The van der Waals surface area contributed by atoms with Gasteiger partial charge in [-0.3, -0.25) is 71.9 Å². The van der Waals surface area contributed by atoms with Gasteiger partial charge in [0, 0.05) is 51.2 Å². The van der Waals surface area contributed by atoms with Crippen molar-refractivity contribution in [2.24, 2.45) is 40.5 Å². The van der Waals surface area contributed by atoms with Crippen LogP contribution in [0.25, 0.3) is 0 Å². The van der Waals surface area contributed by atoms with E-state index < -0.39 is 200 Å². The van der Waals surface area contributed by atoms with Gasteiger partial charge in [0.1, 0.15) is 60.4 Å². The first-order valence-electron chi connectivity index (χ1n) is 29.7. The molecule has 90 heavy (non-hydrogen) atoms. The number of thioether (sulfide) groups is 1. The van der Waals surface area contributed by atoms with Gasteiger partial charge in [0.05, 0.1) is 19.3 Å². The van der Waals surface area contributed by atoms with Crippen LogP contribution in [0.1, 0.15) is 124 Å². The van der Waals surface area contributed by atoms with Crippen molar-refractivity contribution in [1.29, 1.82) is 0 Å². The summed E-state index contributed by atoms with van der Waals surface area (Å²) in [7, 11) is 0. The number of nitrogens with zero attached hydrogens (tertiary/aromatic N) is 2. The molecule has 2 rings (SSSR count). The minimum absolute atomic E-state index is 0.00764. The number of rotatable bonds is 43. The van der Waals surface area contributed by atoms with Gasteiger partial charge in [-0.05, 0) is 81.8 Å². The highest BCUT2D eigenvalue weighted by molar-refractivity contribution is 7.98. The molecule has 0 radical (unpaired) electrons. The molecule has 0 saturated carbocycles. The first-order chi connectivity index (χ1) is 42.5. The number of aromatic amines is 1. The van der Waals surface area contributed by atoms with E-state index in [0.29, 0.717) is 37.1 Å².